The van der Waals surface area contributed by atoms with Gasteiger partial charge in [-0.05, 0) is 38.5 Å². The quantitative estimate of drug-likeness (QED) is 0.927. The SMILES string of the molecule is CN(C)c1ccc(C(CN)N(C)C(=O)OC(C)(C)C)cc1. The van der Waals surface area contributed by atoms with Gasteiger partial charge in [0.1, 0.15) is 5.60 Å². The smallest absolute Gasteiger partial charge is 0.410 e. The van der Waals surface area contributed by atoms with E-state index in [1.165, 1.54) is 0 Å². The highest BCUT2D eigenvalue weighted by molar-refractivity contribution is 5.68. The van der Waals surface area contributed by atoms with Crippen molar-refractivity contribution in [1.82, 2.24) is 4.90 Å². The Hall–Kier alpha value is -1.75. The monoisotopic (exact) mass is 293 g/mol. The standard InChI is InChI=1S/C16H27N3O2/c1-16(2,3)21-15(20)19(6)14(11-17)12-7-9-13(10-8-12)18(4)5/h7-10,14H,11,17H2,1-6H3. The Kier molecular flexibility index (Phi) is 5.61. The molecule has 1 atom stereocenters. The van der Waals surface area contributed by atoms with E-state index in [1.807, 2.05) is 64.0 Å². The summed E-state index contributed by atoms with van der Waals surface area (Å²) in [5.74, 6) is 0. The van der Waals surface area contributed by atoms with Gasteiger partial charge in [-0.2, -0.15) is 0 Å². The third-order valence-electron chi connectivity index (χ3n) is 3.17. The van der Waals surface area contributed by atoms with Crippen LogP contribution in [0.4, 0.5) is 10.5 Å². The molecule has 0 aliphatic heterocycles. The number of anilines is 1. The zero-order valence-electron chi connectivity index (χ0n) is 13.9. The summed E-state index contributed by atoms with van der Waals surface area (Å²) in [4.78, 5) is 15.7. The van der Waals surface area contributed by atoms with E-state index in [1.54, 1.807) is 11.9 Å². The van der Waals surface area contributed by atoms with Gasteiger partial charge in [0.05, 0.1) is 6.04 Å². The summed E-state index contributed by atoms with van der Waals surface area (Å²) in [5, 5.41) is 0. The lowest BCUT2D eigenvalue weighted by Gasteiger charge is -2.30. The molecule has 5 heteroatoms. The molecule has 0 saturated carbocycles. The van der Waals surface area contributed by atoms with Gasteiger partial charge in [-0.15, -0.1) is 0 Å². The summed E-state index contributed by atoms with van der Waals surface area (Å²) in [7, 11) is 5.69. The Balaban J connectivity index is 2.88. The number of benzene rings is 1. The molecule has 0 saturated heterocycles. The van der Waals surface area contributed by atoms with Crippen LogP contribution >= 0.6 is 0 Å². The molecule has 1 aromatic rings. The normalized spacial score (nSPS) is 12.7. The van der Waals surface area contributed by atoms with E-state index in [-0.39, 0.29) is 12.1 Å². The Labute approximate surface area is 127 Å². The Bertz CT molecular complexity index is 463. The van der Waals surface area contributed by atoms with Gasteiger partial charge in [-0.25, -0.2) is 4.79 Å². The molecule has 1 rings (SSSR count). The molecular formula is C16H27N3O2. The number of ether oxygens (including phenoxy) is 1. The maximum Gasteiger partial charge on any atom is 0.410 e. The van der Waals surface area contributed by atoms with Crippen LogP contribution in [0.3, 0.4) is 0 Å². The third-order valence-corrected chi connectivity index (χ3v) is 3.17. The van der Waals surface area contributed by atoms with Gasteiger partial charge < -0.3 is 20.3 Å². The lowest BCUT2D eigenvalue weighted by atomic mass is 10.1. The first-order valence-corrected chi connectivity index (χ1v) is 7.09. The zero-order valence-corrected chi connectivity index (χ0v) is 13.9. The molecule has 0 spiro atoms. The van der Waals surface area contributed by atoms with Crippen LogP contribution < -0.4 is 10.6 Å². The molecule has 0 aliphatic carbocycles. The number of carbonyl (C=O) groups excluding carboxylic acids is 1. The number of rotatable bonds is 4. The lowest BCUT2D eigenvalue weighted by Crippen LogP contribution is -2.39. The summed E-state index contributed by atoms with van der Waals surface area (Å²) in [5.41, 5.74) is 7.43. The number of nitrogens with zero attached hydrogens (tertiary/aromatic N) is 2. The average Bonchev–Trinajstić information content (AvgIpc) is 2.38. The zero-order chi connectivity index (χ0) is 16.2. The molecule has 1 amide bonds. The van der Waals surface area contributed by atoms with Gasteiger partial charge in [-0.1, -0.05) is 12.1 Å². The minimum Gasteiger partial charge on any atom is -0.444 e. The van der Waals surface area contributed by atoms with E-state index in [4.69, 9.17) is 10.5 Å². The molecule has 0 fully saturated rings. The van der Waals surface area contributed by atoms with Crippen LogP contribution in [0, 0.1) is 0 Å². The van der Waals surface area contributed by atoms with Crippen LogP contribution in [0.15, 0.2) is 24.3 Å². The Morgan fingerprint density at radius 3 is 2.10 bits per heavy atom. The second-order valence-electron chi connectivity index (χ2n) is 6.33. The van der Waals surface area contributed by atoms with Crippen molar-refractivity contribution in [1.29, 1.82) is 0 Å². The summed E-state index contributed by atoms with van der Waals surface area (Å²) in [6.45, 7) is 5.89. The molecular weight excluding hydrogens is 266 g/mol. The van der Waals surface area contributed by atoms with Crippen molar-refractivity contribution in [3.63, 3.8) is 0 Å². The molecule has 2 N–H and O–H groups in total. The predicted octanol–water partition coefficient (Wildman–Crippen LogP) is 2.62. The van der Waals surface area contributed by atoms with E-state index in [9.17, 15) is 4.79 Å². The fourth-order valence-electron chi connectivity index (χ4n) is 1.97. The maximum absolute atomic E-state index is 12.1. The van der Waals surface area contributed by atoms with Crippen molar-refractivity contribution in [2.75, 3.05) is 32.6 Å². The highest BCUT2D eigenvalue weighted by atomic mass is 16.6. The molecule has 0 aliphatic rings. The summed E-state index contributed by atoms with van der Waals surface area (Å²) < 4.78 is 5.39. The van der Waals surface area contributed by atoms with E-state index in [0.717, 1.165) is 11.3 Å². The second kappa shape index (κ2) is 6.80. The number of likely N-dealkylation sites (N-methyl/N-ethyl adjacent to an activating group) is 1. The van der Waals surface area contributed by atoms with Gasteiger partial charge in [-0.3, -0.25) is 0 Å². The second-order valence-corrected chi connectivity index (χ2v) is 6.33. The molecule has 0 aromatic heterocycles. The Morgan fingerprint density at radius 1 is 1.19 bits per heavy atom. The summed E-state index contributed by atoms with van der Waals surface area (Å²) in [6.07, 6.45) is -0.366. The number of hydrogen-bond donors (Lipinski definition) is 1. The molecule has 118 valence electrons. The van der Waals surface area contributed by atoms with Crippen LogP contribution in [0.2, 0.25) is 0 Å². The molecule has 1 aromatic carbocycles. The summed E-state index contributed by atoms with van der Waals surface area (Å²) in [6, 6.07) is 7.82. The van der Waals surface area contributed by atoms with Crippen LogP contribution in [0.25, 0.3) is 0 Å². The fraction of sp³-hybridized carbons (Fsp3) is 0.562. The minimum atomic E-state index is -0.515. The molecule has 0 bridgehead atoms. The van der Waals surface area contributed by atoms with Gasteiger partial charge >= 0.3 is 6.09 Å². The van der Waals surface area contributed by atoms with Gasteiger partial charge in [0.25, 0.3) is 0 Å². The predicted molar refractivity (Wildman–Crippen MR) is 86.6 cm³/mol. The number of nitrogens with two attached hydrogens (primary N) is 1. The number of amides is 1. The maximum atomic E-state index is 12.1. The van der Waals surface area contributed by atoms with Crippen molar-refractivity contribution in [2.45, 2.75) is 32.4 Å². The van der Waals surface area contributed by atoms with Crippen molar-refractivity contribution < 1.29 is 9.53 Å². The Morgan fingerprint density at radius 2 is 1.71 bits per heavy atom. The van der Waals surface area contributed by atoms with Crippen LogP contribution in [0.5, 0.6) is 0 Å². The molecule has 21 heavy (non-hydrogen) atoms. The first-order chi connectivity index (χ1) is 9.65. The lowest BCUT2D eigenvalue weighted by molar-refractivity contribution is 0.0226. The molecule has 1 unspecified atom stereocenters. The van der Waals surface area contributed by atoms with Crippen LogP contribution in [-0.2, 0) is 4.74 Å². The summed E-state index contributed by atoms with van der Waals surface area (Å²) >= 11 is 0. The van der Waals surface area contributed by atoms with E-state index < -0.39 is 5.60 Å². The van der Waals surface area contributed by atoms with Crippen LogP contribution in [0.1, 0.15) is 32.4 Å². The van der Waals surface area contributed by atoms with E-state index in [0.29, 0.717) is 6.54 Å². The number of carbonyl (C=O) groups is 1. The van der Waals surface area contributed by atoms with Crippen LogP contribution in [-0.4, -0.2) is 44.3 Å². The van der Waals surface area contributed by atoms with Gasteiger partial charge in [0.2, 0.25) is 0 Å². The van der Waals surface area contributed by atoms with Crippen molar-refractivity contribution in [3.8, 4) is 0 Å². The highest BCUT2D eigenvalue weighted by Gasteiger charge is 2.25. The molecule has 5 nitrogen and oxygen atoms in total. The van der Waals surface area contributed by atoms with E-state index >= 15 is 0 Å². The minimum absolute atomic E-state index is 0.198. The topological polar surface area (TPSA) is 58.8 Å². The van der Waals surface area contributed by atoms with Crippen molar-refractivity contribution in [2.24, 2.45) is 5.73 Å². The molecule has 0 heterocycles. The average molecular weight is 293 g/mol. The van der Waals surface area contributed by atoms with Gasteiger partial charge in [0.15, 0.2) is 0 Å². The van der Waals surface area contributed by atoms with Crippen molar-refractivity contribution >= 4 is 11.8 Å². The van der Waals surface area contributed by atoms with Gasteiger partial charge in [0, 0.05) is 33.4 Å². The van der Waals surface area contributed by atoms with E-state index in [2.05, 4.69) is 0 Å². The number of hydrogen-bond acceptors (Lipinski definition) is 4. The largest absolute Gasteiger partial charge is 0.444 e. The fourth-order valence-corrected chi connectivity index (χ4v) is 1.97. The third kappa shape index (κ3) is 4.93. The van der Waals surface area contributed by atoms with Crippen molar-refractivity contribution in [3.05, 3.63) is 29.8 Å². The first-order valence-electron chi connectivity index (χ1n) is 7.09. The molecule has 0 radical (unpaired) electrons. The first kappa shape index (κ1) is 17.3. The highest BCUT2D eigenvalue weighted by Crippen LogP contribution is 2.23.